The molecule has 1 aromatic carbocycles. The number of phosphoric acid groups is 1. The lowest BCUT2D eigenvalue weighted by atomic mass is 9.87. The summed E-state index contributed by atoms with van der Waals surface area (Å²) >= 11 is 0. The van der Waals surface area contributed by atoms with Crippen LogP contribution in [0.25, 0.3) is 27.8 Å². The van der Waals surface area contributed by atoms with Crippen molar-refractivity contribution in [1.82, 2.24) is 29.0 Å². The molecule has 0 radical (unpaired) electrons. The Morgan fingerprint density at radius 2 is 1.78 bits per heavy atom. The summed E-state index contributed by atoms with van der Waals surface area (Å²) in [6.45, 7) is 9.24. The SMILES string of the molecule is Cc1c(-c2c(C(C)C)c3cc(C4CCN(CC(N)=O)CC4)ccc3n2C(=O)OC[C@@H]2CCCN2C(=O)OCOP(=O)(O)O)cn2ncnc2c1C. The zero-order chi connectivity index (χ0) is 36.6. The number of rotatable bonds is 10. The van der Waals surface area contributed by atoms with E-state index in [1.807, 2.05) is 26.1 Å². The quantitative estimate of drug-likeness (QED) is 0.154. The molecule has 0 bridgehead atoms. The first-order valence-electron chi connectivity index (χ1n) is 17.0. The van der Waals surface area contributed by atoms with Gasteiger partial charge >= 0.3 is 20.0 Å². The van der Waals surface area contributed by atoms with Crippen molar-refractivity contribution in [2.45, 2.75) is 71.3 Å². The maximum Gasteiger partial charge on any atom is 0.472 e. The lowest BCUT2D eigenvalue weighted by Crippen LogP contribution is -2.39. The Kier molecular flexibility index (Phi) is 10.5. The molecule has 5 heterocycles. The van der Waals surface area contributed by atoms with Crippen molar-refractivity contribution in [3.05, 3.63) is 53.0 Å². The third-order valence-electron chi connectivity index (χ3n) is 10.0. The highest BCUT2D eigenvalue weighted by molar-refractivity contribution is 7.46. The average molecular weight is 726 g/mol. The van der Waals surface area contributed by atoms with E-state index < -0.39 is 32.8 Å². The fourth-order valence-electron chi connectivity index (χ4n) is 7.42. The van der Waals surface area contributed by atoms with Gasteiger partial charge in [-0.3, -0.25) is 9.69 Å². The molecule has 0 spiro atoms. The van der Waals surface area contributed by atoms with Crippen LogP contribution in [0.3, 0.4) is 0 Å². The number of likely N-dealkylation sites (tertiary alicyclic amines) is 2. The Hall–Kier alpha value is -4.34. The Labute approximate surface area is 294 Å². The summed E-state index contributed by atoms with van der Waals surface area (Å²) in [7, 11) is -4.81. The lowest BCUT2D eigenvalue weighted by molar-refractivity contribution is -0.119. The number of fused-ring (bicyclic) bond motifs is 2. The number of aromatic nitrogens is 4. The number of hydrogen-bond acceptors (Lipinski definition) is 10. The van der Waals surface area contributed by atoms with Crippen molar-refractivity contribution in [3.63, 3.8) is 0 Å². The topological polar surface area (TPSA) is 204 Å². The number of piperidine rings is 1. The van der Waals surface area contributed by atoms with E-state index in [0.717, 1.165) is 64.8 Å². The lowest BCUT2D eigenvalue weighted by Gasteiger charge is -2.31. The standard InChI is InChI=1S/C34H44N7O9P/c1-20(2)30-26-14-24(23-9-12-38(13-10-23)16-29(35)42)7-8-28(26)41(31(30)27-15-40-32(36-18-37-40)22(4)21(27)3)34(44)48-17-25-6-5-11-39(25)33(43)49-19-50-51(45,46)47/h7-8,14-15,18,20,23,25H,5-6,9-13,16-17,19H2,1-4H3,(H2,35,42)(H2,45,46,47)/t25-/m0/s1. The van der Waals surface area contributed by atoms with E-state index in [0.29, 0.717) is 30.6 Å². The molecule has 2 amide bonds. The number of nitrogens with zero attached hydrogens (tertiary/aromatic N) is 6. The Balaban J connectivity index is 1.36. The summed E-state index contributed by atoms with van der Waals surface area (Å²) in [6, 6.07) is 5.69. The number of benzene rings is 1. The van der Waals surface area contributed by atoms with E-state index in [-0.39, 0.29) is 30.9 Å². The number of amides is 2. The van der Waals surface area contributed by atoms with Crippen molar-refractivity contribution >= 4 is 42.5 Å². The average Bonchev–Trinajstić information content (AvgIpc) is 3.82. The predicted octanol–water partition coefficient (Wildman–Crippen LogP) is 4.41. The largest absolute Gasteiger partial charge is 0.472 e. The number of carbonyl (C=O) groups is 3. The van der Waals surface area contributed by atoms with E-state index >= 15 is 0 Å². The van der Waals surface area contributed by atoms with Gasteiger partial charge in [-0.2, -0.15) is 5.10 Å². The fourth-order valence-corrected chi connectivity index (χ4v) is 7.61. The molecule has 51 heavy (non-hydrogen) atoms. The number of primary amides is 1. The van der Waals surface area contributed by atoms with Crippen molar-refractivity contribution in [1.29, 1.82) is 0 Å². The minimum atomic E-state index is -4.81. The molecule has 2 saturated heterocycles. The second-order valence-electron chi connectivity index (χ2n) is 13.6. The van der Waals surface area contributed by atoms with Gasteiger partial charge in [0.25, 0.3) is 0 Å². The Morgan fingerprint density at radius 1 is 1.04 bits per heavy atom. The minimum Gasteiger partial charge on any atom is -0.447 e. The van der Waals surface area contributed by atoms with E-state index in [2.05, 4.69) is 45.5 Å². The molecule has 2 aliphatic heterocycles. The maximum atomic E-state index is 14.3. The molecule has 17 heteroatoms. The van der Waals surface area contributed by atoms with Crippen LogP contribution in [0.5, 0.6) is 0 Å². The van der Waals surface area contributed by atoms with Crippen molar-refractivity contribution in [3.8, 4) is 11.3 Å². The molecule has 6 rings (SSSR count). The summed E-state index contributed by atoms with van der Waals surface area (Å²) in [5.41, 5.74) is 12.3. The zero-order valence-corrected chi connectivity index (χ0v) is 30.0. The third kappa shape index (κ3) is 7.65. The minimum absolute atomic E-state index is 0.00539. The Bertz CT molecular complexity index is 2010. The van der Waals surface area contributed by atoms with Crippen molar-refractivity contribution < 1.29 is 42.7 Å². The number of aryl methyl sites for hydroxylation is 1. The van der Waals surface area contributed by atoms with E-state index in [9.17, 15) is 18.9 Å². The van der Waals surface area contributed by atoms with Crippen LogP contribution in [0.2, 0.25) is 0 Å². The van der Waals surface area contributed by atoms with E-state index in [1.54, 1.807) is 9.08 Å². The fraction of sp³-hybridized carbons (Fsp3) is 0.500. The molecule has 274 valence electrons. The molecule has 0 unspecified atom stereocenters. The van der Waals surface area contributed by atoms with Crippen LogP contribution in [0.1, 0.15) is 73.6 Å². The number of ether oxygens (including phenoxy) is 2. The van der Waals surface area contributed by atoms with Gasteiger partial charge in [0, 0.05) is 23.7 Å². The summed E-state index contributed by atoms with van der Waals surface area (Å²) in [4.78, 5) is 64.2. The molecule has 0 saturated carbocycles. The second kappa shape index (κ2) is 14.7. The molecular formula is C34H44N7O9P. The molecule has 2 fully saturated rings. The van der Waals surface area contributed by atoms with E-state index in [1.165, 1.54) is 11.2 Å². The van der Waals surface area contributed by atoms with Gasteiger partial charge in [0.05, 0.1) is 23.8 Å². The van der Waals surface area contributed by atoms with Crippen LogP contribution in [0.4, 0.5) is 9.59 Å². The number of pyridine rings is 1. The Morgan fingerprint density at radius 3 is 2.47 bits per heavy atom. The van der Waals surface area contributed by atoms with Crippen LogP contribution < -0.4 is 5.73 Å². The van der Waals surface area contributed by atoms with Gasteiger partial charge in [0.1, 0.15) is 12.9 Å². The van der Waals surface area contributed by atoms with Gasteiger partial charge in [0.2, 0.25) is 12.7 Å². The monoisotopic (exact) mass is 725 g/mol. The maximum absolute atomic E-state index is 14.3. The van der Waals surface area contributed by atoms with Gasteiger partial charge in [-0.15, -0.1) is 0 Å². The van der Waals surface area contributed by atoms with Gasteiger partial charge in [0.15, 0.2) is 5.65 Å². The first-order chi connectivity index (χ1) is 24.2. The molecule has 1 atom stereocenters. The van der Waals surface area contributed by atoms with Crippen LogP contribution in [-0.4, -0.2) is 102 Å². The first-order valence-corrected chi connectivity index (χ1v) is 18.6. The molecule has 3 aromatic heterocycles. The van der Waals surface area contributed by atoms with Crippen LogP contribution in [0, 0.1) is 13.8 Å². The summed E-state index contributed by atoms with van der Waals surface area (Å²) in [5, 5.41) is 5.33. The van der Waals surface area contributed by atoms with E-state index in [4.69, 9.17) is 25.0 Å². The van der Waals surface area contributed by atoms with Crippen LogP contribution in [-0.2, 0) is 23.4 Å². The number of carbonyl (C=O) groups excluding carboxylic acids is 3. The second-order valence-corrected chi connectivity index (χ2v) is 14.8. The molecule has 4 aromatic rings. The number of hydrogen-bond donors (Lipinski definition) is 3. The highest BCUT2D eigenvalue weighted by atomic mass is 31.2. The van der Waals surface area contributed by atoms with Gasteiger partial charge in [-0.05, 0) is 98.8 Å². The normalized spacial score (nSPS) is 17.5. The highest BCUT2D eigenvalue weighted by Crippen LogP contribution is 2.42. The number of nitrogens with two attached hydrogens (primary N) is 1. The highest BCUT2D eigenvalue weighted by Gasteiger charge is 2.34. The predicted molar refractivity (Wildman–Crippen MR) is 186 cm³/mol. The van der Waals surface area contributed by atoms with Gasteiger partial charge in [-0.25, -0.2) is 32.7 Å². The van der Waals surface area contributed by atoms with Crippen LogP contribution in [0.15, 0.2) is 30.7 Å². The summed E-state index contributed by atoms with van der Waals surface area (Å²) in [5.74, 6) is -0.0565. The first kappa shape index (κ1) is 36.5. The smallest absolute Gasteiger partial charge is 0.447 e. The van der Waals surface area contributed by atoms with Gasteiger partial charge in [-0.1, -0.05) is 19.9 Å². The third-order valence-corrected chi connectivity index (χ3v) is 10.5. The van der Waals surface area contributed by atoms with Crippen molar-refractivity contribution in [2.24, 2.45) is 5.73 Å². The van der Waals surface area contributed by atoms with Crippen LogP contribution >= 0.6 is 7.82 Å². The molecule has 4 N–H and O–H groups in total. The molecular weight excluding hydrogens is 681 g/mol. The molecule has 0 aliphatic carbocycles. The number of phosphoric ester groups is 1. The molecule has 16 nitrogen and oxygen atoms in total. The van der Waals surface area contributed by atoms with Gasteiger partial charge < -0.3 is 29.9 Å². The summed E-state index contributed by atoms with van der Waals surface area (Å²) in [6.07, 6.45) is 4.87. The zero-order valence-electron chi connectivity index (χ0n) is 29.1. The van der Waals surface area contributed by atoms with Crippen molar-refractivity contribution in [2.75, 3.05) is 39.6 Å². The molecule has 2 aliphatic rings. The summed E-state index contributed by atoms with van der Waals surface area (Å²) < 4.78 is 29.5.